The minimum atomic E-state index is -0.776. The second-order valence-electron chi connectivity index (χ2n) is 5.21. The molecule has 17 heavy (non-hydrogen) atoms. The Labute approximate surface area is 99.8 Å². The van der Waals surface area contributed by atoms with Crippen LogP contribution in [0.3, 0.4) is 0 Å². The fourth-order valence-corrected chi connectivity index (χ4v) is 2.04. The van der Waals surface area contributed by atoms with E-state index in [1.54, 1.807) is 6.92 Å². The molecule has 6 nitrogen and oxygen atoms in total. The molecule has 1 aliphatic rings. The summed E-state index contributed by atoms with van der Waals surface area (Å²) in [4.78, 5) is 13.6. The first kappa shape index (κ1) is 11.9. The smallest absolute Gasteiger partial charge is 0.276 e. The summed E-state index contributed by atoms with van der Waals surface area (Å²) in [7, 11) is 0. The Kier molecular flexibility index (Phi) is 2.61. The molecule has 2 rings (SSSR count). The van der Waals surface area contributed by atoms with Crippen LogP contribution in [0.15, 0.2) is 0 Å². The van der Waals surface area contributed by atoms with Crippen LogP contribution < -0.4 is 5.73 Å². The first-order valence-electron chi connectivity index (χ1n) is 5.67. The van der Waals surface area contributed by atoms with Gasteiger partial charge in [0.2, 0.25) is 0 Å². The molecule has 1 aromatic heterocycles. The number of hydrogen-bond acceptors (Lipinski definition) is 4. The van der Waals surface area contributed by atoms with Crippen LogP contribution in [0.25, 0.3) is 0 Å². The molecule has 2 heterocycles. The van der Waals surface area contributed by atoms with Gasteiger partial charge in [-0.2, -0.15) is 5.10 Å². The fraction of sp³-hybridized carbons (Fsp3) is 0.636. The van der Waals surface area contributed by atoms with E-state index in [4.69, 9.17) is 5.73 Å². The second kappa shape index (κ2) is 3.73. The van der Waals surface area contributed by atoms with Crippen molar-refractivity contribution >= 4 is 11.6 Å². The molecule has 0 spiro atoms. The van der Waals surface area contributed by atoms with Crippen molar-refractivity contribution in [3.8, 4) is 0 Å². The van der Waals surface area contributed by atoms with Crippen molar-refractivity contribution in [2.24, 2.45) is 0 Å². The highest BCUT2D eigenvalue weighted by molar-refractivity contribution is 5.98. The van der Waals surface area contributed by atoms with Gasteiger partial charge in [-0.1, -0.05) is 13.8 Å². The molecular formula is C11H18N4O2. The van der Waals surface area contributed by atoms with E-state index in [1.165, 1.54) is 4.90 Å². The largest absolute Gasteiger partial charge is 0.395 e. The van der Waals surface area contributed by atoms with Crippen LogP contribution in [0.2, 0.25) is 0 Å². The Morgan fingerprint density at radius 3 is 2.59 bits per heavy atom. The van der Waals surface area contributed by atoms with Crippen LogP contribution >= 0.6 is 0 Å². The van der Waals surface area contributed by atoms with Crippen molar-refractivity contribution in [3.05, 3.63) is 11.4 Å². The van der Waals surface area contributed by atoms with Gasteiger partial charge in [-0.15, -0.1) is 0 Å². The van der Waals surface area contributed by atoms with Gasteiger partial charge in [-0.25, -0.2) is 0 Å². The number of nitrogens with zero attached hydrogens (tertiary/aromatic N) is 2. The highest BCUT2D eigenvalue weighted by Crippen LogP contribution is 2.26. The maximum absolute atomic E-state index is 12.0. The Balaban J connectivity index is 2.16. The van der Waals surface area contributed by atoms with E-state index in [0.29, 0.717) is 18.8 Å². The molecule has 1 aromatic rings. The molecule has 0 radical (unpaired) electrons. The Hall–Kier alpha value is -1.56. The number of carbonyl (C=O) groups excluding carboxylic acids is 1. The maximum Gasteiger partial charge on any atom is 0.276 e. The summed E-state index contributed by atoms with van der Waals surface area (Å²) in [6, 6.07) is 0. The van der Waals surface area contributed by atoms with Crippen LogP contribution in [0.5, 0.6) is 0 Å². The lowest BCUT2D eigenvalue weighted by Gasteiger charge is -2.43. The third-order valence-electron chi connectivity index (χ3n) is 2.96. The molecule has 0 bridgehead atoms. The van der Waals surface area contributed by atoms with Gasteiger partial charge in [0, 0.05) is 0 Å². The third-order valence-corrected chi connectivity index (χ3v) is 2.96. The lowest BCUT2D eigenvalue weighted by molar-refractivity contribution is -0.0670. The predicted molar refractivity (Wildman–Crippen MR) is 63.6 cm³/mol. The zero-order valence-electron chi connectivity index (χ0n) is 10.3. The predicted octanol–water partition coefficient (Wildman–Crippen LogP) is 0.322. The molecule has 6 heteroatoms. The van der Waals surface area contributed by atoms with Crippen molar-refractivity contribution in [1.82, 2.24) is 15.1 Å². The molecule has 0 aliphatic carbocycles. The molecule has 1 saturated heterocycles. The summed E-state index contributed by atoms with van der Waals surface area (Å²) >= 11 is 0. The number of aliphatic hydroxyl groups is 1. The number of nitrogens with two attached hydrogens (primary N) is 1. The van der Waals surface area contributed by atoms with E-state index < -0.39 is 5.60 Å². The molecule has 1 amide bonds. The molecule has 1 fully saturated rings. The number of nitrogens with one attached hydrogen (secondary N) is 1. The van der Waals surface area contributed by atoms with Gasteiger partial charge in [0.25, 0.3) is 5.91 Å². The summed E-state index contributed by atoms with van der Waals surface area (Å²) in [5.74, 6) is -0.0271. The van der Waals surface area contributed by atoms with E-state index in [0.717, 1.165) is 5.69 Å². The number of amides is 1. The van der Waals surface area contributed by atoms with Crippen LogP contribution in [-0.2, 0) is 0 Å². The number of hydrogen-bond donors (Lipinski definition) is 3. The number of aromatic nitrogens is 2. The van der Waals surface area contributed by atoms with E-state index >= 15 is 0 Å². The number of β-amino-alcohol motifs (C(OH)–C–C–N with tert-alkyl or cyclic N) is 1. The van der Waals surface area contributed by atoms with E-state index in [2.05, 4.69) is 10.2 Å². The van der Waals surface area contributed by atoms with Crippen molar-refractivity contribution in [2.45, 2.75) is 32.3 Å². The SMILES string of the molecule is CC(C)c1[nH]nc(C(=O)N2CC(C)(O)C2)c1N. The molecule has 4 N–H and O–H groups in total. The van der Waals surface area contributed by atoms with Crippen molar-refractivity contribution < 1.29 is 9.90 Å². The monoisotopic (exact) mass is 238 g/mol. The average Bonchev–Trinajstić information content (AvgIpc) is 2.55. The van der Waals surface area contributed by atoms with Crippen LogP contribution in [0, 0.1) is 0 Å². The highest BCUT2D eigenvalue weighted by atomic mass is 16.3. The number of H-pyrrole nitrogens is 1. The summed E-state index contributed by atoms with van der Waals surface area (Å²) in [6.45, 7) is 6.31. The number of anilines is 1. The van der Waals surface area contributed by atoms with Crippen molar-refractivity contribution in [3.63, 3.8) is 0 Å². The minimum Gasteiger partial charge on any atom is -0.395 e. The molecule has 0 unspecified atom stereocenters. The lowest BCUT2D eigenvalue weighted by atomic mass is 9.96. The van der Waals surface area contributed by atoms with Crippen molar-refractivity contribution in [1.29, 1.82) is 0 Å². The van der Waals surface area contributed by atoms with Crippen LogP contribution in [-0.4, -0.2) is 44.8 Å². The summed E-state index contributed by atoms with van der Waals surface area (Å²) in [5, 5.41) is 16.3. The summed E-state index contributed by atoms with van der Waals surface area (Å²) < 4.78 is 0. The van der Waals surface area contributed by atoms with Crippen LogP contribution in [0.4, 0.5) is 5.69 Å². The van der Waals surface area contributed by atoms with Crippen molar-refractivity contribution in [2.75, 3.05) is 18.8 Å². The average molecular weight is 238 g/mol. The second-order valence-corrected chi connectivity index (χ2v) is 5.21. The number of carbonyl (C=O) groups is 1. The highest BCUT2D eigenvalue weighted by Gasteiger charge is 2.41. The summed E-state index contributed by atoms with van der Waals surface area (Å²) in [6.07, 6.45) is 0. The topological polar surface area (TPSA) is 95.2 Å². The Bertz CT molecular complexity index is 442. The standard InChI is InChI=1S/C11H18N4O2/c1-6(2)8-7(12)9(14-13-8)10(16)15-4-11(3,17)5-15/h6,17H,4-5,12H2,1-3H3,(H,13,14). The zero-order valence-corrected chi connectivity index (χ0v) is 10.3. The summed E-state index contributed by atoms with van der Waals surface area (Å²) in [5.41, 5.74) is 6.56. The van der Waals surface area contributed by atoms with E-state index in [-0.39, 0.29) is 17.5 Å². The Morgan fingerprint density at radius 1 is 1.59 bits per heavy atom. The molecule has 0 atom stereocenters. The maximum atomic E-state index is 12.0. The van der Waals surface area contributed by atoms with Gasteiger partial charge < -0.3 is 15.7 Å². The first-order valence-corrected chi connectivity index (χ1v) is 5.67. The molecule has 0 aromatic carbocycles. The number of likely N-dealkylation sites (tertiary alicyclic amines) is 1. The molecular weight excluding hydrogens is 220 g/mol. The van der Waals surface area contributed by atoms with Gasteiger partial charge in [-0.3, -0.25) is 9.89 Å². The van der Waals surface area contributed by atoms with E-state index in [1.807, 2.05) is 13.8 Å². The molecule has 1 aliphatic heterocycles. The van der Waals surface area contributed by atoms with Gasteiger partial charge >= 0.3 is 0 Å². The minimum absolute atomic E-state index is 0.198. The number of nitrogen functional groups attached to an aromatic ring is 1. The normalized spacial score (nSPS) is 18.3. The van der Waals surface area contributed by atoms with Gasteiger partial charge in [0.1, 0.15) is 0 Å². The van der Waals surface area contributed by atoms with Gasteiger partial charge in [0.05, 0.1) is 30.1 Å². The van der Waals surface area contributed by atoms with Gasteiger partial charge in [-0.05, 0) is 12.8 Å². The molecule has 0 saturated carbocycles. The molecule has 94 valence electrons. The first-order chi connectivity index (χ1) is 7.82. The number of aromatic amines is 1. The third kappa shape index (κ3) is 2.00. The number of rotatable bonds is 2. The lowest BCUT2D eigenvalue weighted by Crippen LogP contribution is -2.61. The van der Waals surface area contributed by atoms with Gasteiger partial charge in [0.15, 0.2) is 5.69 Å². The van der Waals surface area contributed by atoms with Crippen LogP contribution in [0.1, 0.15) is 42.9 Å². The Morgan fingerprint density at radius 2 is 2.18 bits per heavy atom. The van der Waals surface area contributed by atoms with E-state index in [9.17, 15) is 9.90 Å². The fourth-order valence-electron chi connectivity index (χ4n) is 2.04. The quantitative estimate of drug-likeness (QED) is 0.691. The zero-order chi connectivity index (χ0) is 12.8.